The summed E-state index contributed by atoms with van der Waals surface area (Å²) in [6.45, 7) is 8.20. The molecule has 6 heteroatoms. The predicted octanol–water partition coefficient (Wildman–Crippen LogP) is 1.95. The van der Waals surface area contributed by atoms with E-state index in [0.29, 0.717) is 6.04 Å². The number of hydrogen-bond acceptors (Lipinski definition) is 6. The molecule has 106 valence electrons. The van der Waals surface area contributed by atoms with Gasteiger partial charge >= 0.3 is 0 Å². The van der Waals surface area contributed by atoms with Gasteiger partial charge in [0, 0.05) is 56.2 Å². The van der Waals surface area contributed by atoms with Gasteiger partial charge in [-0.15, -0.1) is 11.3 Å². The lowest BCUT2D eigenvalue weighted by Gasteiger charge is -2.39. The zero-order valence-electron chi connectivity index (χ0n) is 11.9. The van der Waals surface area contributed by atoms with Gasteiger partial charge in [-0.25, -0.2) is 4.98 Å². The van der Waals surface area contributed by atoms with Crippen molar-refractivity contribution >= 4 is 16.5 Å². The molecule has 3 rings (SSSR count). The molecule has 1 saturated heterocycles. The lowest BCUT2D eigenvalue weighted by atomic mass is 10.2. The summed E-state index contributed by atoms with van der Waals surface area (Å²) in [5.74, 6) is 0. The molecular formula is C14H19N5S. The first kappa shape index (κ1) is 13.5. The van der Waals surface area contributed by atoms with Crippen molar-refractivity contribution in [3.63, 3.8) is 0 Å². The second-order valence-electron chi connectivity index (χ2n) is 5.24. The molecule has 2 aromatic rings. The third-order valence-corrected chi connectivity index (χ3v) is 4.41. The Balaban J connectivity index is 1.61. The number of aromatic nitrogens is 3. The molecule has 1 unspecified atom stereocenters. The van der Waals surface area contributed by atoms with Crippen molar-refractivity contribution in [2.45, 2.75) is 26.4 Å². The Hall–Kier alpha value is -1.53. The van der Waals surface area contributed by atoms with Gasteiger partial charge in [0.25, 0.3) is 0 Å². The van der Waals surface area contributed by atoms with Crippen LogP contribution in [-0.2, 0) is 6.54 Å². The number of aryl methyl sites for hydroxylation is 1. The van der Waals surface area contributed by atoms with Gasteiger partial charge in [0.05, 0.1) is 11.4 Å². The smallest absolute Gasteiger partial charge is 0.185 e. The number of rotatable bonds is 3. The van der Waals surface area contributed by atoms with Crippen LogP contribution >= 0.6 is 11.3 Å². The van der Waals surface area contributed by atoms with Gasteiger partial charge in [-0.1, -0.05) is 0 Å². The molecule has 0 radical (unpaired) electrons. The first-order valence-electron chi connectivity index (χ1n) is 6.88. The van der Waals surface area contributed by atoms with Crippen LogP contribution in [-0.4, -0.2) is 45.5 Å². The lowest BCUT2D eigenvalue weighted by molar-refractivity contribution is 0.218. The Morgan fingerprint density at radius 3 is 2.80 bits per heavy atom. The molecule has 3 heterocycles. The summed E-state index contributed by atoms with van der Waals surface area (Å²) in [5, 5.41) is 3.17. The summed E-state index contributed by atoms with van der Waals surface area (Å²) in [7, 11) is 0. The Bertz CT molecular complexity index is 539. The van der Waals surface area contributed by atoms with Crippen molar-refractivity contribution in [3.8, 4) is 0 Å². The maximum absolute atomic E-state index is 4.44. The molecule has 0 aliphatic carbocycles. The van der Waals surface area contributed by atoms with Gasteiger partial charge in [-0.3, -0.25) is 14.9 Å². The highest BCUT2D eigenvalue weighted by atomic mass is 32.1. The molecule has 1 atom stereocenters. The molecule has 5 nitrogen and oxygen atoms in total. The van der Waals surface area contributed by atoms with Crippen LogP contribution in [0.3, 0.4) is 0 Å². The molecular weight excluding hydrogens is 270 g/mol. The highest BCUT2D eigenvalue weighted by Crippen LogP contribution is 2.23. The van der Waals surface area contributed by atoms with Crippen molar-refractivity contribution in [1.82, 2.24) is 19.9 Å². The molecule has 0 aromatic carbocycles. The van der Waals surface area contributed by atoms with Crippen LogP contribution in [0.2, 0.25) is 0 Å². The minimum atomic E-state index is 0.480. The quantitative estimate of drug-likeness (QED) is 0.864. The van der Waals surface area contributed by atoms with Crippen LogP contribution in [0.5, 0.6) is 0 Å². The second kappa shape index (κ2) is 5.85. The summed E-state index contributed by atoms with van der Waals surface area (Å²) in [4.78, 5) is 18.0. The number of piperazine rings is 1. The Morgan fingerprint density at radius 2 is 2.15 bits per heavy atom. The van der Waals surface area contributed by atoms with Crippen molar-refractivity contribution in [3.05, 3.63) is 35.4 Å². The Labute approximate surface area is 123 Å². The number of nitrogens with zero attached hydrogens (tertiary/aromatic N) is 5. The van der Waals surface area contributed by atoms with E-state index in [2.05, 4.69) is 31.7 Å². The number of hydrogen-bond donors (Lipinski definition) is 0. The number of anilines is 1. The van der Waals surface area contributed by atoms with E-state index in [0.717, 1.165) is 42.7 Å². The summed E-state index contributed by atoms with van der Waals surface area (Å²) in [6.07, 6.45) is 5.60. The fourth-order valence-corrected chi connectivity index (χ4v) is 3.32. The Kier molecular flexibility index (Phi) is 3.93. The highest BCUT2D eigenvalue weighted by Gasteiger charge is 2.25. The van der Waals surface area contributed by atoms with Crippen molar-refractivity contribution in [2.75, 3.05) is 24.5 Å². The minimum Gasteiger partial charge on any atom is -0.343 e. The maximum Gasteiger partial charge on any atom is 0.185 e. The van der Waals surface area contributed by atoms with Crippen LogP contribution < -0.4 is 4.90 Å². The van der Waals surface area contributed by atoms with E-state index in [1.807, 2.05) is 30.9 Å². The second-order valence-corrected chi connectivity index (χ2v) is 6.11. The van der Waals surface area contributed by atoms with E-state index < -0.39 is 0 Å². The predicted molar refractivity (Wildman–Crippen MR) is 81.0 cm³/mol. The van der Waals surface area contributed by atoms with Crippen molar-refractivity contribution in [2.24, 2.45) is 0 Å². The van der Waals surface area contributed by atoms with E-state index in [4.69, 9.17) is 0 Å². The molecule has 1 fully saturated rings. The fourth-order valence-electron chi connectivity index (χ4n) is 2.55. The van der Waals surface area contributed by atoms with Crippen LogP contribution in [0.1, 0.15) is 18.3 Å². The zero-order chi connectivity index (χ0) is 13.9. The summed E-state index contributed by atoms with van der Waals surface area (Å²) in [6, 6.07) is 0.480. The van der Waals surface area contributed by atoms with Gasteiger partial charge in [-0.05, 0) is 13.8 Å². The molecule has 1 aliphatic rings. The van der Waals surface area contributed by atoms with Crippen LogP contribution in [0, 0.1) is 6.92 Å². The van der Waals surface area contributed by atoms with Crippen LogP contribution in [0.4, 0.5) is 5.13 Å². The fraction of sp³-hybridized carbons (Fsp3) is 0.500. The largest absolute Gasteiger partial charge is 0.343 e. The van der Waals surface area contributed by atoms with E-state index in [1.165, 1.54) is 0 Å². The normalized spacial score (nSPS) is 20.3. The topological polar surface area (TPSA) is 45.2 Å². The van der Waals surface area contributed by atoms with E-state index >= 15 is 0 Å². The van der Waals surface area contributed by atoms with Gasteiger partial charge in [0.2, 0.25) is 0 Å². The van der Waals surface area contributed by atoms with Crippen LogP contribution in [0.15, 0.2) is 24.0 Å². The third kappa shape index (κ3) is 2.96. The monoisotopic (exact) mass is 289 g/mol. The van der Waals surface area contributed by atoms with E-state index in [1.54, 1.807) is 11.3 Å². The van der Waals surface area contributed by atoms with Crippen molar-refractivity contribution in [1.29, 1.82) is 0 Å². The maximum atomic E-state index is 4.44. The molecule has 2 aromatic heterocycles. The SMILES string of the molecule is Cc1cnc(CN2CCN(c3nccs3)C(C)C2)cn1. The molecule has 0 saturated carbocycles. The summed E-state index contributed by atoms with van der Waals surface area (Å²) >= 11 is 1.71. The van der Waals surface area contributed by atoms with E-state index in [9.17, 15) is 0 Å². The molecule has 0 amide bonds. The Morgan fingerprint density at radius 1 is 1.25 bits per heavy atom. The first-order valence-corrected chi connectivity index (χ1v) is 7.76. The minimum absolute atomic E-state index is 0.480. The van der Waals surface area contributed by atoms with Gasteiger partial charge in [0.1, 0.15) is 0 Å². The van der Waals surface area contributed by atoms with Crippen LogP contribution in [0.25, 0.3) is 0 Å². The first-order chi connectivity index (χ1) is 9.72. The average Bonchev–Trinajstić information content (AvgIpc) is 2.95. The molecule has 0 N–H and O–H groups in total. The standard InChI is InChI=1S/C14H19N5S/c1-11-7-17-13(8-16-11)10-18-4-5-19(12(2)9-18)14-15-3-6-20-14/h3,6-8,12H,4-5,9-10H2,1-2H3. The van der Waals surface area contributed by atoms with Gasteiger partial charge in [-0.2, -0.15) is 0 Å². The summed E-state index contributed by atoms with van der Waals surface area (Å²) < 4.78 is 0. The van der Waals surface area contributed by atoms with Crippen molar-refractivity contribution < 1.29 is 0 Å². The number of thiazole rings is 1. The highest BCUT2D eigenvalue weighted by molar-refractivity contribution is 7.13. The molecule has 0 spiro atoms. The summed E-state index contributed by atoms with van der Waals surface area (Å²) in [5.41, 5.74) is 2.02. The molecule has 1 aliphatic heterocycles. The van der Waals surface area contributed by atoms with E-state index in [-0.39, 0.29) is 0 Å². The zero-order valence-corrected chi connectivity index (χ0v) is 12.7. The molecule has 20 heavy (non-hydrogen) atoms. The average molecular weight is 289 g/mol. The van der Waals surface area contributed by atoms with Gasteiger partial charge in [0.15, 0.2) is 5.13 Å². The van der Waals surface area contributed by atoms with Gasteiger partial charge < -0.3 is 4.90 Å². The lowest BCUT2D eigenvalue weighted by Crippen LogP contribution is -2.51. The third-order valence-electron chi connectivity index (χ3n) is 3.60. The molecule has 0 bridgehead atoms.